The molecule has 136 valence electrons. The van der Waals surface area contributed by atoms with Crippen molar-refractivity contribution in [3.05, 3.63) is 52.3 Å². The second-order valence-corrected chi connectivity index (χ2v) is 5.86. The monoisotopic (exact) mass is 355 g/mol. The highest BCUT2D eigenvalue weighted by atomic mass is 19.4. The van der Waals surface area contributed by atoms with Crippen molar-refractivity contribution in [2.24, 2.45) is 0 Å². The number of H-pyrrole nitrogens is 1. The Hall–Kier alpha value is -2.35. The Balaban J connectivity index is 1.81. The molecule has 2 rings (SSSR count). The van der Waals surface area contributed by atoms with Crippen molar-refractivity contribution >= 4 is 5.91 Å². The van der Waals surface area contributed by atoms with E-state index in [-0.39, 0.29) is 18.9 Å². The maximum absolute atomic E-state index is 12.5. The molecule has 0 aliphatic heterocycles. The van der Waals surface area contributed by atoms with Crippen molar-refractivity contribution in [3.8, 4) is 0 Å². The first-order valence-corrected chi connectivity index (χ1v) is 7.81. The minimum absolute atomic E-state index is 0.0667. The first-order valence-electron chi connectivity index (χ1n) is 7.81. The van der Waals surface area contributed by atoms with Crippen molar-refractivity contribution in [2.45, 2.75) is 39.0 Å². The van der Waals surface area contributed by atoms with Crippen molar-refractivity contribution in [1.82, 2.24) is 15.5 Å². The lowest BCUT2D eigenvalue weighted by atomic mass is 10.1. The second-order valence-electron chi connectivity index (χ2n) is 5.86. The highest BCUT2D eigenvalue weighted by Gasteiger charge is 2.30. The summed E-state index contributed by atoms with van der Waals surface area (Å²) >= 11 is 0. The fourth-order valence-corrected chi connectivity index (χ4v) is 2.32. The summed E-state index contributed by atoms with van der Waals surface area (Å²) < 4.78 is 37.5. The number of carbonyl (C=O) groups excluding carboxylic acids is 1. The zero-order valence-electron chi connectivity index (χ0n) is 13.9. The first-order chi connectivity index (χ1) is 11.7. The zero-order valence-corrected chi connectivity index (χ0v) is 13.9. The van der Waals surface area contributed by atoms with Crippen LogP contribution in [0.4, 0.5) is 13.2 Å². The van der Waals surface area contributed by atoms with E-state index >= 15 is 0 Å². The van der Waals surface area contributed by atoms with E-state index in [0.29, 0.717) is 12.0 Å². The van der Waals surface area contributed by atoms with Crippen LogP contribution in [0.1, 0.15) is 40.6 Å². The molecule has 25 heavy (non-hydrogen) atoms. The maximum Gasteiger partial charge on any atom is 0.416 e. The topological polar surface area (TPSA) is 78.0 Å². The van der Waals surface area contributed by atoms with E-state index in [1.807, 2.05) is 13.8 Å². The van der Waals surface area contributed by atoms with E-state index in [4.69, 9.17) is 0 Å². The molecular weight excluding hydrogens is 335 g/mol. The molecular formula is C17H20F3N3O2. The summed E-state index contributed by atoms with van der Waals surface area (Å²) in [4.78, 5) is 11.8. The molecule has 0 spiro atoms. The number of aromatic amines is 1. The fraction of sp³-hybridized carbons (Fsp3) is 0.412. The van der Waals surface area contributed by atoms with E-state index in [9.17, 15) is 23.1 Å². The Labute approximate surface area is 143 Å². The minimum Gasteiger partial charge on any atom is -0.387 e. The Kier molecular flexibility index (Phi) is 5.84. The van der Waals surface area contributed by atoms with Gasteiger partial charge in [-0.05, 0) is 37.1 Å². The van der Waals surface area contributed by atoms with Gasteiger partial charge in [-0.15, -0.1) is 0 Å². The van der Waals surface area contributed by atoms with Crippen molar-refractivity contribution in [3.63, 3.8) is 0 Å². The number of benzene rings is 1. The molecule has 0 fully saturated rings. The molecule has 0 bridgehead atoms. The number of aliphatic hydroxyl groups excluding tert-OH is 1. The third-order valence-electron chi connectivity index (χ3n) is 4.06. The van der Waals surface area contributed by atoms with E-state index in [1.165, 1.54) is 12.1 Å². The Morgan fingerprint density at radius 1 is 1.28 bits per heavy atom. The van der Waals surface area contributed by atoms with Gasteiger partial charge < -0.3 is 10.4 Å². The summed E-state index contributed by atoms with van der Waals surface area (Å²) in [6.07, 6.45) is -4.80. The van der Waals surface area contributed by atoms with E-state index in [0.717, 1.165) is 29.1 Å². The van der Waals surface area contributed by atoms with Crippen LogP contribution < -0.4 is 5.32 Å². The number of hydrogen-bond acceptors (Lipinski definition) is 3. The Morgan fingerprint density at radius 2 is 1.92 bits per heavy atom. The number of halogens is 3. The average Bonchev–Trinajstić information content (AvgIpc) is 2.89. The quantitative estimate of drug-likeness (QED) is 0.746. The number of nitrogens with one attached hydrogen (secondary N) is 2. The smallest absolute Gasteiger partial charge is 0.387 e. The summed E-state index contributed by atoms with van der Waals surface area (Å²) in [7, 11) is 0. The first kappa shape index (κ1) is 19.0. The van der Waals surface area contributed by atoms with Gasteiger partial charge in [-0.1, -0.05) is 12.1 Å². The number of alkyl halides is 3. The molecule has 1 atom stereocenters. The predicted octanol–water partition coefficient (Wildman–Crippen LogP) is 2.83. The van der Waals surface area contributed by atoms with Crippen LogP contribution in [0.3, 0.4) is 0 Å². The molecule has 8 heteroatoms. The molecule has 1 unspecified atom stereocenters. The van der Waals surface area contributed by atoms with Gasteiger partial charge in [0.1, 0.15) is 0 Å². The van der Waals surface area contributed by atoms with Crippen LogP contribution >= 0.6 is 0 Å². The second kappa shape index (κ2) is 7.69. The lowest BCUT2D eigenvalue weighted by Gasteiger charge is -2.13. The lowest BCUT2D eigenvalue weighted by molar-refractivity contribution is -0.137. The highest BCUT2D eigenvalue weighted by molar-refractivity contribution is 5.76. The zero-order chi connectivity index (χ0) is 18.6. The molecule has 1 aromatic carbocycles. The van der Waals surface area contributed by atoms with Crippen molar-refractivity contribution in [2.75, 3.05) is 6.54 Å². The van der Waals surface area contributed by atoms with Crippen molar-refractivity contribution < 1.29 is 23.1 Å². The molecule has 3 N–H and O–H groups in total. The summed E-state index contributed by atoms with van der Waals surface area (Å²) in [6.45, 7) is 3.75. The molecule has 0 saturated heterocycles. The highest BCUT2D eigenvalue weighted by Crippen LogP contribution is 2.29. The molecule has 5 nitrogen and oxygen atoms in total. The maximum atomic E-state index is 12.5. The van der Waals surface area contributed by atoms with Crippen molar-refractivity contribution in [1.29, 1.82) is 0 Å². The number of aromatic nitrogens is 2. The normalized spacial score (nSPS) is 12.9. The summed E-state index contributed by atoms with van der Waals surface area (Å²) in [5, 5.41) is 19.5. The SMILES string of the molecule is Cc1[nH]nc(CCC(=O)NCC(O)c2ccc(C(F)(F)F)cc2)c1C. The fourth-order valence-electron chi connectivity index (χ4n) is 2.32. The average molecular weight is 355 g/mol. The number of rotatable bonds is 6. The largest absolute Gasteiger partial charge is 0.416 e. The summed E-state index contributed by atoms with van der Waals surface area (Å²) in [6, 6.07) is 4.22. The van der Waals surface area contributed by atoms with Gasteiger partial charge in [0.05, 0.1) is 17.4 Å². The molecule has 0 radical (unpaired) electrons. The van der Waals surface area contributed by atoms with E-state index < -0.39 is 17.8 Å². The van der Waals surface area contributed by atoms with Gasteiger partial charge in [0, 0.05) is 25.1 Å². The van der Waals surface area contributed by atoms with Crippen LogP contribution in [0.15, 0.2) is 24.3 Å². The number of nitrogens with zero attached hydrogens (tertiary/aromatic N) is 1. The van der Waals surface area contributed by atoms with E-state index in [2.05, 4.69) is 15.5 Å². The van der Waals surface area contributed by atoms with Gasteiger partial charge in [0.2, 0.25) is 5.91 Å². The molecule has 2 aromatic rings. The lowest BCUT2D eigenvalue weighted by Crippen LogP contribution is -2.28. The van der Waals surface area contributed by atoms with Gasteiger partial charge in [-0.3, -0.25) is 9.89 Å². The predicted molar refractivity (Wildman–Crippen MR) is 85.8 cm³/mol. The standard InChI is InChI=1S/C17H20F3N3O2/c1-10-11(2)22-23-14(10)7-8-16(25)21-9-15(24)12-3-5-13(6-4-12)17(18,19)20/h3-6,15,24H,7-9H2,1-2H3,(H,21,25)(H,22,23). The van der Waals surface area contributed by atoms with Crippen LogP contribution in [-0.2, 0) is 17.4 Å². The van der Waals surface area contributed by atoms with Crippen LogP contribution in [0.2, 0.25) is 0 Å². The van der Waals surface area contributed by atoms with Gasteiger partial charge in [-0.25, -0.2) is 0 Å². The third kappa shape index (κ3) is 5.06. The summed E-state index contributed by atoms with van der Waals surface area (Å²) in [5.41, 5.74) is 2.31. The van der Waals surface area contributed by atoms with Gasteiger partial charge >= 0.3 is 6.18 Å². The molecule has 1 amide bonds. The van der Waals surface area contributed by atoms with Gasteiger partial charge in [0.15, 0.2) is 0 Å². The van der Waals surface area contributed by atoms with Gasteiger partial charge in [-0.2, -0.15) is 18.3 Å². The number of aliphatic hydroxyl groups is 1. The minimum atomic E-state index is -4.42. The Morgan fingerprint density at radius 3 is 2.44 bits per heavy atom. The van der Waals surface area contributed by atoms with Crippen LogP contribution in [0, 0.1) is 13.8 Å². The number of aryl methyl sites for hydroxylation is 2. The third-order valence-corrected chi connectivity index (χ3v) is 4.06. The Bertz CT molecular complexity index is 724. The number of amides is 1. The number of carbonyl (C=O) groups is 1. The molecule has 0 aliphatic carbocycles. The molecule has 1 heterocycles. The van der Waals surface area contributed by atoms with Crippen LogP contribution in [0.25, 0.3) is 0 Å². The van der Waals surface area contributed by atoms with Crippen LogP contribution in [-0.4, -0.2) is 27.8 Å². The number of hydrogen-bond donors (Lipinski definition) is 3. The summed E-state index contributed by atoms with van der Waals surface area (Å²) in [5.74, 6) is -0.258. The van der Waals surface area contributed by atoms with Crippen LogP contribution in [0.5, 0.6) is 0 Å². The molecule has 1 aromatic heterocycles. The van der Waals surface area contributed by atoms with Gasteiger partial charge in [0.25, 0.3) is 0 Å². The molecule has 0 aliphatic rings. The van der Waals surface area contributed by atoms with E-state index in [1.54, 1.807) is 0 Å². The molecule has 0 saturated carbocycles.